The lowest BCUT2D eigenvalue weighted by Gasteiger charge is -2.36. The molecule has 55 heteroatoms. The van der Waals surface area contributed by atoms with Crippen LogP contribution in [-0.4, -0.2) is 216 Å². The van der Waals surface area contributed by atoms with Gasteiger partial charge in [-0.05, 0) is 65.0 Å². The van der Waals surface area contributed by atoms with Crippen LogP contribution in [0.5, 0.6) is 0 Å². The molecule has 11 heterocycles. The summed E-state index contributed by atoms with van der Waals surface area (Å²) in [5.74, 6) is -0.876. The molecule has 0 bridgehead atoms. The minimum atomic E-state index is -4.86. The van der Waals surface area contributed by atoms with Gasteiger partial charge in [0.25, 0.3) is 16.7 Å². The van der Waals surface area contributed by atoms with Gasteiger partial charge < -0.3 is 141 Å². The first-order chi connectivity index (χ1) is 55.1. The Hall–Kier alpha value is -5.10. The Balaban J connectivity index is 0.801. The van der Waals surface area contributed by atoms with Gasteiger partial charge in [-0.25, -0.2) is 24.2 Å². The van der Waals surface area contributed by atoms with Gasteiger partial charge >= 0.3 is 29.5 Å². The summed E-state index contributed by atoms with van der Waals surface area (Å²) in [7, 11) is 0. The second kappa shape index (κ2) is 40.7. The summed E-state index contributed by atoms with van der Waals surface area (Å²) in [5, 5.41) is 13.0. The van der Waals surface area contributed by atoms with Crippen molar-refractivity contribution in [3.63, 3.8) is 0 Å². The normalized spacial score (nSPS) is 27.0. The van der Waals surface area contributed by atoms with E-state index in [0.29, 0.717) is 19.6 Å². The van der Waals surface area contributed by atoms with Crippen molar-refractivity contribution in [2.75, 3.05) is 110 Å². The maximum absolute atomic E-state index is 15.0. The summed E-state index contributed by atoms with van der Waals surface area (Å²) in [6, 6.07) is 2.79. The molecule has 5 fully saturated rings. The first-order valence-corrected chi connectivity index (χ1v) is 48.0. The van der Waals surface area contributed by atoms with Gasteiger partial charge in [-0.3, -0.25) is 61.5 Å². The van der Waals surface area contributed by atoms with Crippen molar-refractivity contribution in [1.29, 1.82) is 0 Å². The van der Waals surface area contributed by atoms with Gasteiger partial charge in [0.15, 0.2) is 18.0 Å². The number of nitrogens with zero attached hydrogens (tertiary/aromatic N) is 9. The Morgan fingerprint density at radius 2 is 1.15 bits per heavy atom. The number of aryl methyl sites for hydroxylation is 1. The standard InChI is InChI=1S/C61H88BrN17O28P4S5/c1-31(2)33-18-47(75-9-4-44(64)69-58(75)85)100-40(33)26-97-110(114,94-17-16-93-15-14-92-13-8-67-46(81)6-11-91-12-7-63)106-37-21-49(77-23-32(3)54(82)73-60(77)87)102-41(37)27-95-109(90,113)105-36-20-51(79-30-68-52-53(79)71-57(66)72-56(52)84)103-43(36)29-98-111(115,116)107-38-22-48(76-10-5-45(65)70-59(76)86)101-42(38)28-96-108(89,112)104-35-19-50(99-39(35)25-80)78-24-34(62)55(83)74-61(78)88/h4-5,9-10,23-24,30-31,33,35-43,47-51,80H,6-8,11-22,25-29,63H2,1-3H3,(H,67,81)(H,89,112)(H,90,113)(H,115,116)(H2,64,69,85)(H2,65,70,86)(H,73,82,87)(H,74,83,88)(H3,66,71,72,84)/p-3/t33?,35?,36?,37?,38?,39-,40-,41-,42-,43-,47-,48-,49-,50-,51-,108?,109?,110?/m1/s1. The van der Waals surface area contributed by atoms with Crippen LogP contribution in [0.2, 0.25) is 0 Å². The Bertz CT molecular complexity index is 5090. The molecule has 5 aliphatic heterocycles. The Kier molecular flexibility index (Phi) is 32.2. The van der Waals surface area contributed by atoms with Crippen molar-refractivity contribution in [2.45, 2.75) is 145 Å². The van der Waals surface area contributed by atoms with Gasteiger partial charge in [-0.1, -0.05) is 37.5 Å². The lowest BCUT2D eigenvalue weighted by Crippen LogP contribution is -2.33. The molecule has 116 heavy (non-hydrogen) atoms. The number of amides is 1. The summed E-state index contributed by atoms with van der Waals surface area (Å²) >= 11 is 31.9. The van der Waals surface area contributed by atoms with E-state index in [1.54, 1.807) is 0 Å². The summed E-state index contributed by atoms with van der Waals surface area (Å²) in [4.78, 5) is 140. The zero-order valence-electron chi connectivity index (χ0n) is 61.9. The molecule has 0 aliphatic carbocycles. The number of hydrogen-bond donors (Lipinski definition) is 9. The number of H-pyrrole nitrogens is 3. The predicted molar refractivity (Wildman–Crippen MR) is 425 cm³/mol. The number of anilines is 3. The van der Waals surface area contributed by atoms with Crippen LogP contribution in [0.1, 0.15) is 89.1 Å². The van der Waals surface area contributed by atoms with Crippen LogP contribution < -0.4 is 72.6 Å². The molecule has 0 aromatic carbocycles. The number of hydrogen-bond acceptors (Lipinski definition) is 41. The molecule has 5 aliphatic rings. The number of nitrogens with one attached hydrogen (secondary N) is 4. The molecular formula is C61H85BrN17O28P4S5-3. The molecule has 6 aromatic rings. The van der Waals surface area contributed by atoms with Gasteiger partial charge in [-0.2, -0.15) is 15.0 Å². The van der Waals surface area contributed by atoms with E-state index in [4.69, 9.17) is 161 Å². The van der Waals surface area contributed by atoms with Crippen LogP contribution in [0.25, 0.3) is 11.2 Å². The molecule has 1 amide bonds. The van der Waals surface area contributed by atoms with Crippen LogP contribution in [0.3, 0.4) is 0 Å². The number of imidazole rings is 1. The molecular weight excluding hydrogens is 1780 g/mol. The van der Waals surface area contributed by atoms with Gasteiger partial charge in [-0.15, -0.1) is 0 Å². The van der Waals surface area contributed by atoms with Crippen LogP contribution in [0.4, 0.5) is 17.6 Å². The van der Waals surface area contributed by atoms with E-state index in [2.05, 4.69) is 56.1 Å². The minimum Gasteiger partial charge on any atom is -0.780 e. The molecule has 0 radical (unpaired) electrons. The fourth-order valence-corrected chi connectivity index (χ4v) is 20.3. The van der Waals surface area contributed by atoms with Gasteiger partial charge in [0.1, 0.15) is 73.9 Å². The smallest absolute Gasteiger partial charge is 0.351 e. The fourth-order valence-electron chi connectivity index (χ4n) is 13.0. The van der Waals surface area contributed by atoms with Crippen molar-refractivity contribution in [1.82, 2.24) is 63.0 Å². The third-order valence-corrected chi connectivity index (χ3v) is 26.8. The SMILES string of the molecule is Cc1cn([C@H]2CC(OP(=S)(OCCOCCOCCNC(=O)CCOCCN)OC[C@H]3O[C@@H](n4ccc(N)nc4=O)CC3C(C)C)[C@@H](COP(=O)([S-])OC3C[C@H](n4cnc5c(=O)[nH]c(N)nc54)O[C@@H]3COP(=S)([S-])OC3C[C@H](n4ccc(N)nc4=O)O[C@@H]3COP([O-])(=S)OC3C[C@H](n4cc(Br)c(=O)[nH]c4=O)O[C@@H]3CO)O2)c(=O)[nH]c1=O. The zero-order chi connectivity index (χ0) is 83.6. The highest BCUT2D eigenvalue weighted by atomic mass is 79.9. The highest BCUT2D eigenvalue weighted by Gasteiger charge is 2.48. The minimum absolute atomic E-state index is 0.0137. The molecule has 9 unspecified atom stereocenters. The first-order valence-electron chi connectivity index (χ1n) is 35.9. The van der Waals surface area contributed by atoms with Crippen LogP contribution in [0.15, 0.2) is 81.3 Å². The third kappa shape index (κ3) is 24.4. The lowest BCUT2D eigenvalue weighted by molar-refractivity contribution is -0.215. The molecule has 6 aromatic heterocycles. The number of carbonyl (C=O) groups is 1. The Labute approximate surface area is 691 Å². The van der Waals surface area contributed by atoms with Gasteiger partial charge in [0.2, 0.25) is 11.9 Å². The van der Waals surface area contributed by atoms with E-state index < -0.39 is 178 Å². The van der Waals surface area contributed by atoms with Crippen LogP contribution >= 0.6 is 41.9 Å². The maximum Gasteiger partial charge on any atom is 0.351 e. The number of aromatic nitrogens is 12. The van der Waals surface area contributed by atoms with E-state index in [1.165, 1.54) is 59.3 Å². The number of ether oxygens (including phenoxy) is 8. The number of halogens is 1. The molecule has 19 atom stereocenters. The van der Waals surface area contributed by atoms with Crippen molar-refractivity contribution < 1.29 is 98.0 Å². The second-order valence-electron chi connectivity index (χ2n) is 27.0. The molecule has 45 nitrogen and oxygen atoms in total. The lowest BCUT2D eigenvalue weighted by atomic mass is 9.89. The molecule has 11 rings (SSSR count). The average molecular weight is 1870 g/mol. The number of aromatic amines is 3. The van der Waals surface area contributed by atoms with Crippen molar-refractivity contribution >= 4 is 136 Å². The molecule has 13 N–H and O–H groups in total. The van der Waals surface area contributed by atoms with E-state index >= 15 is 0 Å². The number of carbonyl (C=O) groups excluding carboxylic acids is 1. The third-order valence-electron chi connectivity index (χ3n) is 18.6. The van der Waals surface area contributed by atoms with Crippen molar-refractivity contribution in [2.24, 2.45) is 17.6 Å². The summed E-state index contributed by atoms with van der Waals surface area (Å²) in [6.45, 7) is -9.97. The Morgan fingerprint density at radius 1 is 0.629 bits per heavy atom. The van der Waals surface area contributed by atoms with E-state index in [0.717, 1.165) is 13.7 Å². The van der Waals surface area contributed by atoms with E-state index in [-0.39, 0.29) is 141 Å². The molecule has 0 saturated carbocycles. The predicted octanol–water partition coefficient (Wildman–Crippen LogP) is -0.372. The number of aliphatic hydroxyl groups excluding tert-OH is 1. The molecule has 5 saturated heterocycles. The highest BCUT2D eigenvalue weighted by Crippen LogP contribution is 2.57. The quantitative estimate of drug-likeness (QED) is 0.0134. The zero-order valence-corrected chi connectivity index (χ0v) is 71.2. The maximum atomic E-state index is 15.0. The van der Waals surface area contributed by atoms with E-state index in [9.17, 15) is 52.9 Å². The van der Waals surface area contributed by atoms with Crippen molar-refractivity contribution in [3.8, 4) is 0 Å². The average Bonchev–Trinajstić information content (AvgIpc) is 1.63. The topological polar surface area (TPSA) is 594 Å². The van der Waals surface area contributed by atoms with Gasteiger partial charge in [0, 0.05) is 75.5 Å². The van der Waals surface area contributed by atoms with Crippen LogP contribution in [0, 0.1) is 18.8 Å². The number of aliphatic hydroxyl groups is 1. The van der Waals surface area contributed by atoms with Crippen molar-refractivity contribution in [3.05, 3.63) is 126 Å². The first kappa shape index (κ1) is 91.6. The monoisotopic (exact) mass is 1870 g/mol. The van der Waals surface area contributed by atoms with E-state index in [1.807, 2.05) is 13.8 Å². The molecule has 0 spiro atoms. The molecule has 642 valence electrons. The number of nitrogen functional groups attached to an aromatic ring is 3. The highest BCUT2D eigenvalue weighted by molar-refractivity contribution is 9.10. The van der Waals surface area contributed by atoms with Crippen LogP contribution in [-0.2, 0) is 148 Å². The summed E-state index contributed by atoms with van der Waals surface area (Å²) in [5.41, 5.74) is 13.6. The van der Waals surface area contributed by atoms with Gasteiger partial charge in [0.05, 0.1) is 126 Å². The Morgan fingerprint density at radius 3 is 1.77 bits per heavy atom. The fraction of sp³-hybridized carbons (Fsp3) is 0.639. The number of rotatable bonds is 42. The largest absolute Gasteiger partial charge is 0.780 e. The number of nitrogens with two attached hydrogens (primary N) is 4. The summed E-state index contributed by atoms with van der Waals surface area (Å²) in [6.07, 6.45) is -10.7. The number of fused-ring (bicyclic) bond motifs is 1. The second-order valence-corrected chi connectivity index (χ2v) is 41.2. The summed E-state index contributed by atoms with van der Waals surface area (Å²) < 4.78 is 125.